The van der Waals surface area contributed by atoms with Gasteiger partial charge >= 0.3 is 0 Å². The molecular formula is C17H25NO2. The second-order valence-electron chi connectivity index (χ2n) is 6.79. The van der Waals surface area contributed by atoms with E-state index >= 15 is 0 Å². The van der Waals surface area contributed by atoms with E-state index in [2.05, 4.69) is 31.3 Å². The molecule has 1 N–H and O–H groups in total. The van der Waals surface area contributed by atoms with Gasteiger partial charge in [0.25, 0.3) is 0 Å². The standard InChI is InChI=1S/C17H25NO2/c1-17(2)7-5-14(12-17)18-8-6-13-3-4-15-16(11-13)20-10-9-19-15/h3-4,11,14,18H,5-10,12H2,1-2H3. The summed E-state index contributed by atoms with van der Waals surface area (Å²) >= 11 is 0. The molecule has 1 unspecified atom stereocenters. The van der Waals surface area contributed by atoms with Crippen LogP contribution in [-0.2, 0) is 6.42 Å². The van der Waals surface area contributed by atoms with Crippen molar-refractivity contribution in [1.82, 2.24) is 5.32 Å². The summed E-state index contributed by atoms with van der Waals surface area (Å²) < 4.78 is 11.2. The van der Waals surface area contributed by atoms with Gasteiger partial charge in [-0.05, 0) is 55.3 Å². The lowest BCUT2D eigenvalue weighted by Gasteiger charge is -2.19. The van der Waals surface area contributed by atoms with Crippen molar-refractivity contribution in [2.75, 3.05) is 19.8 Å². The molecule has 1 aromatic carbocycles. The van der Waals surface area contributed by atoms with Crippen LogP contribution in [0.4, 0.5) is 0 Å². The highest BCUT2D eigenvalue weighted by molar-refractivity contribution is 5.43. The summed E-state index contributed by atoms with van der Waals surface area (Å²) in [6, 6.07) is 6.99. The smallest absolute Gasteiger partial charge is 0.161 e. The number of ether oxygens (including phenoxy) is 2. The van der Waals surface area contributed by atoms with E-state index in [9.17, 15) is 0 Å². The molecule has 1 heterocycles. The third kappa shape index (κ3) is 3.26. The van der Waals surface area contributed by atoms with Crippen LogP contribution in [0.25, 0.3) is 0 Å². The average Bonchev–Trinajstić information content (AvgIpc) is 2.78. The van der Waals surface area contributed by atoms with E-state index in [0.29, 0.717) is 24.7 Å². The highest BCUT2D eigenvalue weighted by Gasteiger charge is 2.30. The zero-order valence-electron chi connectivity index (χ0n) is 12.6. The minimum absolute atomic E-state index is 0.522. The molecule has 1 saturated carbocycles. The van der Waals surface area contributed by atoms with Crippen LogP contribution in [0.15, 0.2) is 18.2 Å². The fourth-order valence-corrected chi connectivity index (χ4v) is 3.27. The zero-order valence-corrected chi connectivity index (χ0v) is 12.6. The van der Waals surface area contributed by atoms with Crippen LogP contribution < -0.4 is 14.8 Å². The predicted molar refractivity (Wildman–Crippen MR) is 80.6 cm³/mol. The Kier molecular flexibility index (Phi) is 3.88. The molecule has 0 radical (unpaired) electrons. The lowest BCUT2D eigenvalue weighted by atomic mass is 9.92. The molecule has 3 nitrogen and oxygen atoms in total. The minimum atomic E-state index is 0.522. The third-order valence-corrected chi connectivity index (χ3v) is 4.42. The van der Waals surface area contributed by atoms with E-state index in [4.69, 9.17) is 9.47 Å². The van der Waals surface area contributed by atoms with Crippen molar-refractivity contribution >= 4 is 0 Å². The molecule has 3 rings (SSSR count). The van der Waals surface area contributed by atoms with Crippen molar-refractivity contribution in [2.24, 2.45) is 5.41 Å². The van der Waals surface area contributed by atoms with Crippen molar-refractivity contribution < 1.29 is 9.47 Å². The SMILES string of the molecule is CC1(C)CCC(NCCc2ccc3c(c2)OCCO3)C1. The molecule has 2 aliphatic rings. The number of fused-ring (bicyclic) bond motifs is 1. The number of hydrogen-bond acceptors (Lipinski definition) is 3. The minimum Gasteiger partial charge on any atom is -0.486 e. The van der Waals surface area contributed by atoms with Gasteiger partial charge in [-0.15, -0.1) is 0 Å². The van der Waals surface area contributed by atoms with Crippen LogP contribution in [0.2, 0.25) is 0 Å². The Morgan fingerprint density at radius 3 is 2.75 bits per heavy atom. The Balaban J connectivity index is 1.49. The first-order valence-electron chi connectivity index (χ1n) is 7.74. The molecular weight excluding hydrogens is 250 g/mol. The quantitative estimate of drug-likeness (QED) is 0.915. The molecule has 0 spiro atoms. The van der Waals surface area contributed by atoms with Crippen LogP contribution >= 0.6 is 0 Å². The van der Waals surface area contributed by atoms with Crippen molar-refractivity contribution in [3.8, 4) is 11.5 Å². The van der Waals surface area contributed by atoms with Crippen LogP contribution in [0.5, 0.6) is 11.5 Å². The lowest BCUT2D eigenvalue weighted by Crippen LogP contribution is -2.29. The van der Waals surface area contributed by atoms with Gasteiger partial charge in [0.15, 0.2) is 11.5 Å². The highest BCUT2D eigenvalue weighted by atomic mass is 16.6. The molecule has 20 heavy (non-hydrogen) atoms. The summed E-state index contributed by atoms with van der Waals surface area (Å²) in [4.78, 5) is 0. The summed E-state index contributed by atoms with van der Waals surface area (Å²) in [6.07, 6.45) is 5.00. The first kappa shape index (κ1) is 13.7. The van der Waals surface area contributed by atoms with Crippen LogP contribution in [0.1, 0.15) is 38.7 Å². The fourth-order valence-electron chi connectivity index (χ4n) is 3.27. The van der Waals surface area contributed by atoms with Gasteiger partial charge in [0.2, 0.25) is 0 Å². The number of nitrogens with one attached hydrogen (secondary N) is 1. The largest absolute Gasteiger partial charge is 0.486 e. The van der Waals surface area contributed by atoms with E-state index in [0.717, 1.165) is 24.5 Å². The van der Waals surface area contributed by atoms with Crippen molar-refractivity contribution in [3.63, 3.8) is 0 Å². The molecule has 1 aliphatic carbocycles. The van der Waals surface area contributed by atoms with Gasteiger partial charge in [0.05, 0.1) is 0 Å². The maximum absolute atomic E-state index is 5.63. The van der Waals surface area contributed by atoms with Crippen LogP contribution in [0, 0.1) is 5.41 Å². The van der Waals surface area contributed by atoms with Gasteiger partial charge in [-0.25, -0.2) is 0 Å². The summed E-state index contributed by atoms with van der Waals surface area (Å²) in [5.41, 5.74) is 1.84. The maximum atomic E-state index is 5.63. The second-order valence-corrected chi connectivity index (χ2v) is 6.79. The van der Waals surface area contributed by atoms with Gasteiger partial charge < -0.3 is 14.8 Å². The van der Waals surface area contributed by atoms with E-state index < -0.39 is 0 Å². The van der Waals surface area contributed by atoms with E-state index in [1.165, 1.54) is 24.8 Å². The van der Waals surface area contributed by atoms with E-state index in [1.807, 2.05) is 6.07 Å². The monoisotopic (exact) mass is 275 g/mol. The molecule has 110 valence electrons. The maximum Gasteiger partial charge on any atom is 0.161 e. The first-order chi connectivity index (χ1) is 9.62. The van der Waals surface area contributed by atoms with Crippen molar-refractivity contribution in [1.29, 1.82) is 0 Å². The Morgan fingerprint density at radius 1 is 1.20 bits per heavy atom. The molecule has 1 aromatic rings. The molecule has 0 bridgehead atoms. The van der Waals surface area contributed by atoms with Gasteiger partial charge in [-0.1, -0.05) is 19.9 Å². The fraction of sp³-hybridized carbons (Fsp3) is 0.647. The lowest BCUT2D eigenvalue weighted by molar-refractivity contribution is 0.171. The summed E-state index contributed by atoms with van der Waals surface area (Å²) in [7, 11) is 0. The normalized spacial score (nSPS) is 23.8. The third-order valence-electron chi connectivity index (χ3n) is 4.42. The summed E-state index contributed by atoms with van der Waals surface area (Å²) in [6.45, 7) is 7.10. The number of hydrogen-bond donors (Lipinski definition) is 1. The number of benzene rings is 1. The molecule has 0 amide bonds. The molecule has 1 atom stereocenters. The second kappa shape index (κ2) is 5.65. The van der Waals surface area contributed by atoms with Crippen LogP contribution in [-0.4, -0.2) is 25.8 Å². The Bertz CT molecular complexity index is 470. The molecule has 0 saturated heterocycles. The van der Waals surface area contributed by atoms with Gasteiger partial charge in [0.1, 0.15) is 13.2 Å². The van der Waals surface area contributed by atoms with Crippen LogP contribution in [0.3, 0.4) is 0 Å². The topological polar surface area (TPSA) is 30.5 Å². The predicted octanol–water partition coefficient (Wildman–Crippen LogP) is 3.17. The van der Waals surface area contributed by atoms with E-state index in [1.54, 1.807) is 0 Å². The molecule has 1 fully saturated rings. The average molecular weight is 275 g/mol. The van der Waals surface area contributed by atoms with Gasteiger partial charge in [0, 0.05) is 6.04 Å². The Labute approximate surface area is 121 Å². The zero-order chi connectivity index (χ0) is 14.0. The number of rotatable bonds is 4. The van der Waals surface area contributed by atoms with Crippen molar-refractivity contribution in [3.05, 3.63) is 23.8 Å². The summed E-state index contributed by atoms with van der Waals surface area (Å²) in [5.74, 6) is 1.78. The first-order valence-corrected chi connectivity index (χ1v) is 7.74. The highest BCUT2D eigenvalue weighted by Crippen LogP contribution is 2.37. The van der Waals surface area contributed by atoms with Gasteiger partial charge in [-0.3, -0.25) is 0 Å². The van der Waals surface area contributed by atoms with E-state index in [-0.39, 0.29) is 0 Å². The Hall–Kier alpha value is -1.22. The summed E-state index contributed by atoms with van der Waals surface area (Å²) in [5, 5.41) is 3.69. The molecule has 3 heteroatoms. The molecule has 0 aromatic heterocycles. The Morgan fingerprint density at radius 2 is 2.00 bits per heavy atom. The van der Waals surface area contributed by atoms with Gasteiger partial charge in [-0.2, -0.15) is 0 Å². The van der Waals surface area contributed by atoms with Crippen molar-refractivity contribution in [2.45, 2.75) is 45.6 Å². The molecule has 1 aliphatic heterocycles.